The van der Waals surface area contributed by atoms with E-state index in [4.69, 9.17) is 4.74 Å². The van der Waals surface area contributed by atoms with Gasteiger partial charge in [-0.25, -0.2) is 4.39 Å². The summed E-state index contributed by atoms with van der Waals surface area (Å²) in [5.41, 5.74) is 1.01. The topological polar surface area (TPSA) is 38.3 Å². The molecule has 0 bridgehead atoms. The molecule has 0 aliphatic heterocycles. The molecule has 3 rings (SSSR count). The van der Waals surface area contributed by atoms with Crippen LogP contribution in [0.3, 0.4) is 0 Å². The zero-order chi connectivity index (χ0) is 16.8. The van der Waals surface area contributed by atoms with Gasteiger partial charge in [-0.05, 0) is 60.7 Å². The van der Waals surface area contributed by atoms with Gasteiger partial charge in [0, 0.05) is 13.0 Å². The Morgan fingerprint density at radius 1 is 1.08 bits per heavy atom. The summed E-state index contributed by atoms with van der Waals surface area (Å²) >= 11 is 0. The third-order valence-electron chi connectivity index (χ3n) is 4.02. The summed E-state index contributed by atoms with van der Waals surface area (Å²) in [4.78, 5) is 11.9. The van der Waals surface area contributed by atoms with E-state index in [2.05, 4.69) is 17.5 Å². The van der Waals surface area contributed by atoms with E-state index in [0.717, 1.165) is 18.4 Å². The van der Waals surface area contributed by atoms with Gasteiger partial charge in [-0.2, -0.15) is 0 Å². The third kappa shape index (κ3) is 4.69. The van der Waals surface area contributed by atoms with Gasteiger partial charge in [0.15, 0.2) is 0 Å². The summed E-state index contributed by atoms with van der Waals surface area (Å²) in [5, 5.41) is 2.95. The molecule has 0 saturated carbocycles. The zero-order valence-electron chi connectivity index (χ0n) is 13.4. The molecule has 0 heterocycles. The first-order valence-electron chi connectivity index (χ1n) is 8.15. The molecule has 0 aromatic heterocycles. The number of hydrogen-bond acceptors (Lipinski definition) is 2. The van der Waals surface area contributed by atoms with Crippen molar-refractivity contribution in [2.75, 3.05) is 0 Å². The molecule has 0 fully saturated rings. The summed E-state index contributed by atoms with van der Waals surface area (Å²) in [6.45, 7) is 0.506. The molecule has 2 aromatic rings. The van der Waals surface area contributed by atoms with Crippen LogP contribution in [0.1, 0.15) is 24.8 Å². The molecule has 124 valence electrons. The maximum Gasteiger partial charge on any atom is 0.220 e. The van der Waals surface area contributed by atoms with Gasteiger partial charge in [0.05, 0.1) is 0 Å². The number of amides is 1. The summed E-state index contributed by atoms with van der Waals surface area (Å²) in [6, 6.07) is 13.4. The minimum absolute atomic E-state index is 0.0817. The quantitative estimate of drug-likeness (QED) is 0.789. The van der Waals surface area contributed by atoms with Crippen LogP contribution < -0.4 is 10.1 Å². The first-order valence-corrected chi connectivity index (χ1v) is 8.15. The summed E-state index contributed by atoms with van der Waals surface area (Å²) < 4.78 is 18.5. The fraction of sp³-hybridized carbons (Fsp3) is 0.250. The predicted molar refractivity (Wildman–Crippen MR) is 91.2 cm³/mol. The van der Waals surface area contributed by atoms with Gasteiger partial charge in [-0.1, -0.05) is 24.3 Å². The van der Waals surface area contributed by atoms with Crippen molar-refractivity contribution in [1.29, 1.82) is 0 Å². The number of benzene rings is 2. The van der Waals surface area contributed by atoms with Gasteiger partial charge >= 0.3 is 0 Å². The molecule has 1 aliphatic rings. The van der Waals surface area contributed by atoms with Crippen LogP contribution in [0.5, 0.6) is 11.5 Å². The molecule has 3 nitrogen and oxygen atoms in total. The van der Waals surface area contributed by atoms with E-state index in [0.29, 0.717) is 30.4 Å². The number of allylic oxidation sites excluding steroid dienone is 2. The van der Waals surface area contributed by atoms with Gasteiger partial charge in [0.25, 0.3) is 0 Å². The summed E-state index contributed by atoms with van der Waals surface area (Å²) in [7, 11) is 0. The number of nitrogens with one attached hydrogen (secondary N) is 1. The van der Waals surface area contributed by atoms with Crippen LogP contribution in [-0.2, 0) is 11.3 Å². The molecule has 0 saturated heterocycles. The lowest BCUT2D eigenvalue weighted by molar-refractivity contribution is -0.121. The van der Waals surface area contributed by atoms with E-state index in [1.165, 1.54) is 12.1 Å². The normalized spacial score (nSPS) is 16.1. The average molecular weight is 325 g/mol. The van der Waals surface area contributed by atoms with Gasteiger partial charge in [-0.15, -0.1) is 0 Å². The third-order valence-corrected chi connectivity index (χ3v) is 4.02. The zero-order valence-corrected chi connectivity index (χ0v) is 13.4. The van der Waals surface area contributed by atoms with Crippen molar-refractivity contribution in [2.24, 2.45) is 5.92 Å². The lowest BCUT2D eigenvalue weighted by Gasteiger charge is -2.10. The van der Waals surface area contributed by atoms with Gasteiger partial charge in [0.1, 0.15) is 17.3 Å². The van der Waals surface area contributed by atoms with E-state index in [-0.39, 0.29) is 11.7 Å². The Hall–Kier alpha value is -2.62. The number of halogens is 1. The largest absolute Gasteiger partial charge is 0.457 e. The monoisotopic (exact) mass is 325 g/mol. The number of carbonyl (C=O) groups excluding carboxylic acids is 1. The Bertz CT molecular complexity index is 707. The van der Waals surface area contributed by atoms with E-state index >= 15 is 0 Å². The van der Waals surface area contributed by atoms with Crippen LogP contribution in [0.4, 0.5) is 4.39 Å². The number of rotatable bonds is 6. The molecule has 4 heteroatoms. The van der Waals surface area contributed by atoms with Crippen molar-refractivity contribution in [1.82, 2.24) is 5.32 Å². The molecule has 2 aromatic carbocycles. The van der Waals surface area contributed by atoms with E-state index in [1.54, 1.807) is 12.1 Å². The standard InChI is InChI=1S/C20H20FNO2/c21-17-7-11-19(12-8-17)24-18-9-5-16(6-10-18)14-22-20(23)13-15-3-1-2-4-15/h1,3,5-12,15H,2,4,13-14H2,(H,22,23)/t15-/m0/s1. The first-order chi connectivity index (χ1) is 11.7. The SMILES string of the molecule is O=C(C[C@H]1C=CCC1)NCc1ccc(Oc2ccc(F)cc2)cc1. The van der Waals surface area contributed by atoms with Crippen LogP contribution in [0.2, 0.25) is 0 Å². The average Bonchev–Trinajstić information content (AvgIpc) is 3.09. The second-order valence-corrected chi connectivity index (χ2v) is 5.95. The van der Waals surface area contributed by atoms with Crippen LogP contribution in [-0.4, -0.2) is 5.91 Å². The maximum atomic E-state index is 12.9. The molecule has 0 spiro atoms. The summed E-state index contributed by atoms with van der Waals surface area (Å²) in [6.07, 6.45) is 6.97. The minimum Gasteiger partial charge on any atom is -0.457 e. The number of hydrogen-bond donors (Lipinski definition) is 1. The lowest BCUT2D eigenvalue weighted by Crippen LogP contribution is -2.24. The molecular weight excluding hydrogens is 305 g/mol. The molecule has 1 aliphatic carbocycles. The Labute approximate surface area is 141 Å². The Morgan fingerprint density at radius 2 is 1.75 bits per heavy atom. The van der Waals surface area contributed by atoms with E-state index in [9.17, 15) is 9.18 Å². The maximum absolute atomic E-state index is 12.9. The van der Waals surface area contributed by atoms with Gasteiger partial charge in [0.2, 0.25) is 5.91 Å². The molecular formula is C20H20FNO2. The van der Waals surface area contributed by atoms with Crippen molar-refractivity contribution in [3.63, 3.8) is 0 Å². The molecule has 24 heavy (non-hydrogen) atoms. The van der Waals surface area contributed by atoms with E-state index < -0.39 is 0 Å². The smallest absolute Gasteiger partial charge is 0.220 e. The highest BCUT2D eigenvalue weighted by Gasteiger charge is 2.13. The van der Waals surface area contributed by atoms with Crippen molar-refractivity contribution in [3.8, 4) is 11.5 Å². The number of carbonyl (C=O) groups is 1. The van der Waals surface area contributed by atoms with Crippen molar-refractivity contribution in [3.05, 3.63) is 72.1 Å². The summed E-state index contributed by atoms with van der Waals surface area (Å²) in [5.74, 6) is 1.44. The molecule has 1 amide bonds. The van der Waals surface area contributed by atoms with Crippen molar-refractivity contribution in [2.45, 2.75) is 25.8 Å². The Balaban J connectivity index is 1.48. The highest BCUT2D eigenvalue weighted by atomic mass is 19.1. The lowest BCUT2D eigenvalue weighted by atomic mass is 10.1. The van der Waals surface area contributed by atoms with Crippen LogP contribution in [0.15, 0.2) is 60.7 Å². The van der Waals surface area contributed by atoms with Gasteiger partial charge in [-0.3, -0.25) is 4.79 Å². The van der Waals surface area contributed by atoms with Crippen molar-refractivity contribution >= 4 is 5.91 Å². The predicted octanol–water partition coefficient (Wildman–Crippen LogP) is 4.59. The highest BCUT2D eigenvalue weighted by Crippen LogP contribution is 2.22. The number of ether oxygens (including phenoxy) is 1. The highest BCUT2D eigenvalue weighted by molar-refractivity contribution is 5.76. The minimum atomic E-state index is -0.290. The fourth-order valence-corrected chi connectivity index (χ4v) is 2.69. The molecule has 1 N–H and O–H groups in total. The molecule has 0 unspecified atom stereocenters. The van der Waals surface area contributed by atoms with E-state index in [1.807, 2.05) is 24.3 Å². The van der Waals surface area contributed by atoms with Gasteiger partial charge < -0.3 is 10.1 Å². The van der Waals surface area contributed by atoms with Crippen molar-refractivity contribution < 1.29 is 13.9 Å². The fourth-order valence-electron chi connectivity index (χ4n) is 2.69. The molecule has 0 radical (unpaired) electrons. The van der Waals surface area contributed by atoms with Crippen LogP contribution in [0, 0.1) is 11.7 Å². The Kier molecular flexibility index (Phi) is 5.26. The second-order valence-electron chi connectivity index (χ2n) is 5.95. The van der Waals surface area contributed by atoms with Crippen LogP contribution >= 0.6 is 0 Å². The molecule has 1 atom stereocenters. The first kappa shape index (κ1) is 16.2. The van der Waals surface area contributed by atoms with Crippen LogP contribution in [0.25, 0.3) is 0 Å². The Morgan fingerprint density at radius 3 is 2.38 bits per heavy atom. The second kappa shape index (κ2) is 7.77.